The van der Waals surface area contributed by atoms with E-state index in [9.17, 15) is 4.79 Å². The highest BCUT2D eigenvalue weighted by Crippen LogP contribution is 2.26. The van der Waals surface area contributed by atoms with Crippen molar-refractivity contribution < 1.29 is 9.53 Å². The molecule has 3 rings (SSSR count). The van der Waals surface area contributed by atoms with Gasteiger partial charge in [0.15, 0.2) is 0 Å². The Bertz CT molecular complexity index is 782. The van der Waals surface area contributed by atoms with Crippen molar-refractivity contribution in [2.75, 3.05) is 13.1 Å². The lowest BCUT2D eigenvalue weighted by atomic mass is 9.98. The lowest BCUT2D eigenvalue weighted by molar-refractivity contribution is 0.0270. The van der Waals surface area contributed by atoms with Gasteiger partial charge in [-0.15, -0.1) is 0 Å². The van der Waals surface area contributed by atoms with E-state index in [0.29, 0.717) is 13.1 Å². The van der Waals surface area contributed by atoms with E-state index in [1.807, 2.05) is 38.6 Å². The van der Waals surface area contributed by atoms with Crippen LogP contribution >= 0.6 is 0 Å². The molecule has 2 aromatic rings. The summed E-state index contributed by atoms with van der Waals surface area (Å²) in [4.78, 5) is 18.2. The summed E-state index contributed by atoms with van der Waals surface area (Å²) in [5, 5.41) is 0. The zero-order chi connectivity index (χ0) is 18.0. The highest BCUT2D eigenvalue weighted by molar-refractivity contribution is 5.73. The second-order valence-electron chi connectivity index (χ2n) is 7.41. The van der Waals surface area contributed by atoms with Gasteiger partial charge in [0.05, 0.1) is 12.0 Å². The number of carbonyl (C=O) groups excluding carboxylic acids is 1. The molecule has 0 atom stereocenters. The largest absolute Gasteiger partial charge is 0.444 e. The number of hydrogen-bond acceptors (Lipinski definition) is 3. The van der Waals surface area contributed by atoms with Crippen molar-refractivity contribution in [3.8, 4) is 11.3 Å². The van der Waals surface area contributed by atoms with Crippen molar-refractivity contribution in [2.24, 2.45) is 7.05 Å². The lowest BCUT2D eigenvalue weighted by Gasteiger charge is -2.29. The van der Waals surface area contributed by atoms with Crippen LogP contribution in [-0.4, -0.2) is 39.2 Å². The topological polar surface area (TPSA) is 47.4 Å². The van der Waals surface area contributed by atoms with Crippen molar-refractivity contribution >= 4 is 11.7 Å². The Morgan fingerprint density at radius 1 is 1.16 bits per heavy atom. The summed E-state index contributed by atoms with van der Waals surface area (Å²) >= 11 is 0. The molecule has 0 saturated heterocycles. The van der Waals surface area contributed by atoms with Gasteiger partial charge in [0, 0.05) is 31.9 Å². The average Bonchev–Trinajstić information content (AvgIpc) is 3.00. The maximum absolute atomic E-state index is 12.1. The molecule has 0 unspecified atom stereocenters. The summed E-state index contributed by atoms with van der Waals surface area (Å²) < 4.78 is 7.38. The number of aromatic nitrogens is 2. The molecule has 0 saturated carbocycles. The maximum atomic E-state index is 12.1. The molecule has 0 fully saturated rings. The van der Waals surface area contributed by atoms with Crippen molar-refractivity contribution in [3.63, 3.8) is 0 Å². The minimum atomic E-state index is -0.456. The van der Waals surface area contributed by atoms with Gasteiger partial charge in [0.25, 0.3) is 0 Å². The van der Waals surface area contributed by atoms with Crippen molar-refractivity contribution in [1.29, 1.82) is 0 Å². The normalized spacial score (nSPS) is 15.0. The molecule has 0 bridgehead atoms. The first-order chi connectivity index (χ1) is 11.8. The SMILES string of the molecule is Cn1cnc(-c2ccc(C3=CCN(C(=O)OC(C)(C)C)CC3)cc2)c1. The first-order valence-electron chi connectivity index (χ1n) is 8.57. The third-order valence-electron chi connectivity index (χ3n) is 4.12. The Balaban J connectivity index is 1.66. The predicted molar refractivity (Wildman–Crippen MR) is 99.0 cm³/mol. The van der Waals surface area contributed by atoms with E-state index >= 15 is 0 Å². The molecule has 1 aliphatic rings. The van der Waals surface area contributed by atoms with Gasteiger partial charge < -0.3 is 14.2 Å². The summed E-state index contributed by atoms with van der Waals surface area (Å²) in [5.41, 5.74) is 4.09. The zero-order valence-electron chi connectivity index (χ0n) is 15.3. The molecule has 5 heteroatoms. The van der Waals surface area contributed by atoms with Gasteiger partial charge >= 0.3 is 6.09 Å². The van der Waals surface area contributed by atoms with Gasteiger partial charge in [-0.05, 0) is 38.3 Å². The number of aryl methyl sites for hydroxylation is 1. The Hall–Kier alpha value is -2.56. The first kappa shape index (κ1) is 17.3. The summed E-state index contributed by atoms with van der Waals surface area (Å²) in [7, 11) is 1.97. The van der Waals surface area contributed by atoms with E-state index < -0.39 is 5.60 Å². The summed E-state index contributed by atoms with van der Waals surface area (Å²) in [6.45, 7) is 6.94. The number of imidazole rings is 1. The van der Waals surface area contributed by atoms with Crippen molar-refractivity contribution in [3.05, 3.63) is 48.4 Å². The van der Waals surface area contributed by atoms with E-state index in [1.54, 1.807) is 11.2 Å². The van der Waals surface area contributed by atoms with E-state index in [4.69, 9.17) is 4.74 Å². The monoisotopic (exact) mass is 339 g/mol. The Labute approximate surface area is 148 Å². The lowest BCUT2D eigenvalue weighted by Crippen LogP contribution is -2.39. The summed E-state index contributed by atoms with van der Waals surface area (Å²) in [6, 6.07) is 8.44. The number of benzene rings is 1. The third-order valence-corrected chi connectivity index (χ3v) is 4.12. The van der Waals surface area contributed by atoms with Crippen LogP contribution < -0.4 is 0 Å². The molecular weight excluding hydrogens is 314 g/mol. The maximum Gasteiger partial charge on any atom is 0.410 e. The number of carbonyl (C=O) groups is 1. The molecule has 5 nitrogen and oxygen atoms in total. The fourth-order valence-corrected chi connectivity index (χ4v) is 2.84. The highest BCUT2D eigenvalue weighted by Gasteiger charge is 2.23. The van der Waals surface area contributed by atoms with Crippen molar-refractivity contribution in [2.45, 2.75) is 32.8 Å². The van der Waals surface area contributed by atoms with Gasteiger partial charge in [-0.3, -0.25) is 0 Å². The number of amides is 1. The molecule has 25 heavy (non-hydrogen) atoms. The van der Waals surface area contributed by atoms with Gasteiger partial charge in [-0.1, -0.05) is 30.3 Å². The molecule has 0 spiro atoms. The second-order valence-corrected chi connectivity index (χ2v) is 7.41. The minimum Gasteiger partial charge on any atom is -0.444 e. The molecule has 0 radical (unpaired) electrons. The van der Waals surface area contributed by atoms with Crippen LogP contribution in [-0.2, 0) is 11.8 Å². The zero-order valence-corrected chi connectivity index (χ0v) is 15.3. The molecule has 0 aliphatic carbocycles. The van der Waals surface area contributed by atoms with E-state index in [-0.39, 0.29) is 6.09 Å². The first-order valence-corrected chi connectivity index (χ1v) is 8.57. The molecule has 1 aromatic heterocycles. The highest BCUT2D eigenvalue weighted by atomic mass is 16.6. The van der Waals surface area contributed by atoms with Crippen LogP contribution in [0, 0.1) is 0 Å². The Morgan fingerprint density at radius 2 is 1.84 bits per heavy atom. The van der Waals surface area contributed by atoms with E-state index in [2.05, 4.69) is 35.3 Å². The molecule has 2 heterocycles. The standard InChI is InChI=1S/C20H25N3O2/c1-20(2,3)25-19(24)23-11-9-16(10-12-23)15-5-7-17(8-6-15)18-13-22(4)14-21-18/h5-9,13-14H,10-12H2,1-4H3. The molecule has 1 aliphatic heterocycles. The van der Waals surface area contributed by atoms with Crippen LogP contribution in [0.25, 0.3) is 16.8 Å². The van der Waals surface area contributed by atoms with Crippen LogP contribution in [0.1, 0.15) is 32.8 Å². The number of rotatable bonds is 2. The van der Waals surface area contributed by atoms with Gasteiger partial charge in [0.1, 0.15) is 5.60 Å². The number of nitrogens with zero attached hydrogens (tertiary/aromatic N) is 3. The smallest absolute Gasteiger partial charge is 0.410 e. The number of hydrogen-bond donors (Lipinski definition) is 0. The minimum absolute atomic E-state index is 0.242. The van der Waals surface area contributed by atoms with E-state index in [1.165, 1.54) is 11.1 Å². The van der Waals surface area contributed by atoms with Crippen LogP contribution in [0.4, 0.5) is 4.79 Å². The average molecular weight is 339 g/mol. The Kier molecular flexibility index (Phi) is 4.66. The molecular formula is C20H25N3O2. The van der Waals surface area contributed by atoms with Crippen molar-refractivity contribution in [1.82, 2.24) is 14.5 Å². The van der Waals surface area contributed by atoms with Crippen LogP contribution in [0.15, 0.2) is 42.9 Å². The van der Waals surface area contributed by atoms with Crippen LogP contribution in [0.3, 0.4) is 0 Å². The summed E-state index contributed by atoms with van der Waals surface area (Å²) in [6.07, 6.45) is 6.52. The number of ether oxygens (including phenoxy) is 1. The summed E-state index contributed by atoms with van der Waals surface area (Å²) in [5.74, 6) is 0. The predicted octanol–water partition coefficient (Wildman–Crippen LogP) is 4.11. The third kappa shape index (κ3) is 4.29. The fourth-order valence-electron chi connectivity index (χ4n) is 2.84. The quantitative estimate of drug-likeness (QED) is 0.827. The van der Waals surface area contributed by atoms with Gasteiger partial charge in [0.2, 0.25) is 0 Å². The van der Waals surface area contributed by atoms with Gasteiger partial charge in [-0.25, -0.2) is 9.78 Å². The molecule has 0 N–H and O–H groups in total. The Morgan fingerprint density at radius 3 is 2.36 bits per heavy atom. The molecule has 1 aromatic carbocycles. The molecule has 1 amide bonds. The van der Waals surface area contributed by atoms with Crippen LogP contribution in [0.2, 0.25) is 0 Å². The molecule has 132 valence electrons. The second kappa shape index (κ2) is 6.75. The van der Waals surface area contributed by atoms with Crippen LogP contribution in [0.5, 0.6) is 0 Å². The van der Waals surface area contributed by atoms with Gasteiger partial charge in [-0.2, -0.15) is 0 Å². The van der Waals surface area contributed by atoms with E-state index in [0.717, 1.165) is 17.7 Å². The fraction of sp³-hybridized carbons (Fsp3) is 0.400.